The molecule has 0 heterocycles. The van der Waals surface area contributed by atoms with Crippen molar-refractivity contribution in [3.63, 3.8) is 0 Å². The molecule has 3 nitrogen and oxygen atoms in total. The van der Waals surface area contributed by atoms with Crippen molar-refractivity contribution in [1.82, 2.24) is 0 Å². The van der Waals surface area contributed by atoms with Crippen molar-refractivity contribution >= 4 is 0 Å². The van der Waals surface area contributed by atoms with Crippen molar-refractivity contribution in [1.29, 1.82) is 0 Å². The monoisotopic (exact) mass is 247 g/mol. The molecule has 2 fully saturated rings. The number of benzene rings is 1. The smallest absolute Gasteiger partial charge is 0.161 e. The Balaban J connectivity index is 1.91. The van der Waals surface area contributed by atoms with Crippen LogP contribution in [0.5, 0.6) is 11.5 Å². The van der Waals surface area contributed by atoms with Crippen LogP contribution in [0.25, 0.3) is 0 Å². The van der Waals surface area contributed by atoms with E-state index < -0.39 is 0 Å². The van der Waals surface area contributed by atoms with Crippen LogP contribution in [0.15, 0.2) is 18.2 Å². The first-order chi connectivity index (χ1) is 8.67. The van der Waals surface area contributed by atoms with Crippen LogP contribution >= 0.6 is 0 Å². The van der Waals surface area contributed by atoms with E-state index in [4.69, 9.17) is 15.2 Å². The van der Waals surface area contributed by atoms with E-state index in [0.29, 0.717) is 5.41 Å². The first-order valence-corrected chi connectivity index (χ1v) is 6.60. The Morgan fingerprint density at radius 2 is 1.78 bits per heavy atom. The maximum Gasteiger partial charge on any atom is 0.161 e. The summed E-state index contributed by atoms with van der Waals surface area (Å²) in [5.74, 6) is 1.59. The van der Waals surface area contributed by atoms with Crippen molar-refractivity contribution < 1.29 is 9.47 Å². The number of methoxy groups -OCH3 is 2. The molecule has 0 aliphatic heterocycles. The van der Waals surface area contributed by atoms with Gasteiger partial charge in [-0.1, -0.05) is 6.07 Å². The van der Waals surface area contributed by atoms with Crippen LogP contribution in [0.4, 0.5) is 0 Å². The summed E-state index contributed by atoms with van der Waals surface area (Å²) in [6.07, 6.45) is 5.27. The van der Waals surface area contributed by atoms with Crippen molar-refractivity contribution in [3.8, 4) is 11.5 Å². The molecule has 1 aromatic carbocycles. The molecule has 2 aliphatic rings. The zero-order valence-corrected chi connectivity index (χ0v) is 11.2. The Kier molecular flexibility index (Phi) is 2.56. The summed E-state index contributed by atoms with van der Waals surface area (Å²) in [7, 11) is 3.35. The zero-order chi connectivity index (χ0) is 12.8. The summed E-state index contributed by atoms with van der Waals surface area (Å²) >= 11 is 0. The molecular weight excluding hydrogens is 226 g/mol. The minimum atomic E-state index is 0.177. The molecule has 0 radical (unpaired) electrons. The van der Waals surface area contributed by atoms with Gasteiger partial charge in [-0.15, -0.1) is 0 Å². The molecule has 0 unspecified atom stereocenters. The van der Waals surface area contributed by atoms with Gasteiger partial charge in [0, 0.05) is 12.0 Å². The van der Waals surface area contributed by atoms with Gasteiger partial charge in [-0.25, -0.2) is 0 Å². The number of ether oxygens (including phenoxy) is 2. The highest BCUT2D eigenvalue weighted by Gasteiger charge is 2.60. The number of rotatable bonds is 4. The summed E-state index contributed by atoms with van der Waals surface area (Å²) in [6.45, 7) is 0.726. The highest BCUT2D eigenvalue weighted by Crippen LogP contribution is 2.68. The normalized spacial score (nSPS) is 22.4. The highest BCUT2D eigenvalue weighted by molar-refractivity contribution is 5.47. The second kappa shape index (κ2) is 3.89. The molecule has 2 aliphatic carbocycles. The van der Waals surface area contributed by atoms with Gasteiger partial charge >= 0.3 is 0 Å². The van der Waals surface area contributed by atoms with Gasteiger partial charge in [0.15, 0.2) is 11.5 Å². The first kappa shape index (κ1) is 11.8. The van der Waals surface area contributed by atoms with Crippen molar-refractivity contribution in [3.05, 3.63) is 23.8 Å². The van der Waals surface area contributed by atoms with E-state index in [9.17, 15) is 0 Å². The lowest BCUT2D eigenvalue weighted by atomic mass is 9.56. The van der Waals surface area contributed by atoms with E-state index >= 15 is 0 Å². The van der Waals surface area contributed by atoms with Gasteiger partial charge < -0.3 is 15.2 Å². The zero-order valence-electron chi connectivity index (χ0n) is 11.2. The fourth-order valence-electron chi connectivity index (χ4n) is 3.55. The predicted molar refractivity (Wildman–Crippen MR) is 71.2 cm³/mol. The minimum absolute atomic E-state index is 0.177. The van der Waals surface area contributed by atoms with Crippen LogP contribution in [-0.2, 0) is 5.41 Å². The molecule has 3 heteroatoms. The predicted octanol–water partition coefficient (Wildman–Crippen LogP) is 2.47. The average Bonchev–Trinajstić information content (AvgIpc) is 3.16. The molecule has 98 valence electrons. The quantitative estimate of drug-likeness (QED) is 0.889. The number of hydrogen-bond acceptors (Lipinski definition) is 3. The van der Waals surface area contributed by atoms with Gasteiger partial charge in [-0.2, -0.15) is 0 Å². The lowest BCUT2D eigenvalue weighted by Crippen LogP contribution is -2.48. The van der Waals surface area contributed by atoms with Crippen LogP contribution < -0.4 is 15.2 Å². The fraction of sp³-hybridized carbons (Fsp3) is 0.600. The lowest BCUT2D eigenvalue weighted by molar-refractivity contribution is 0.126. The molecule has 2 N–H and O–H groups in total. The summed E-state index contributed by atoms with van der Waals surface area (Å²) in [5, 5.41) is 0. The third-order valence-corrected chi connectivity index (χ3v) is 4.77. The van der Waals surface area contributed by atoms with E-state index in [-0.39, 0.29) is 5.41 Å². The Morgan fingerprint density at radius 1 is 1.11 bits per heavy atom. The van der Waals surface area contributed by atoms with Gasteiger partial charge in [-0.05, 0) is 48.8 Å². The van der Waals surface area contributed by atoms with Crippen LogP contribution in [0.3, 0.4) is 0 Å². The molecule has 0 saturated heterocycles. The number of nitrogens with two attached hydrogens (primary N) is 1. The van der Waals surface area contributed by atoms with Crippen LogP contribution in [-0.4, -0.2) is 20.8 Å². The van der Waals surface area contributed by atoms with Gasteiger partial charge in [0.25, 0.3) is 0 Å². The standard InChI is InChI=1S/C15H21NO2/c1-17-12-4-3-11(7-13(12)18-2)15(10-16)8-14(9-15)5-6-14/h3-4,7H,5-6,8-10,16H2,1-2H3. The van der Waals surface area contributed by atoms with E-state index in [1.54, 1.807) is 14.2 Å². The average molecular weight is 247 g/mol. The Morgan fingerprint density at radius 3 is 2.28 bits per heavy atom. The van der Waals surface area contributed by atoms with E-state index in [0.717, 1.165) is 18.0 Å². The molecule has 3 rings (SSSR count). The first-order valence-electron chi connectivity index (χ1n) is 6.60. The summed E-state index contributed by atoms with van der Waals surface area (Å²) in [4.78, 5) is 0. The van der Waals surface area contributed by atoms with Crippen LogP contribution in [0.2, 0.25) is 0 Å². The molecule has 0 amide bonds. The summed E-state index contributed by atoms with van der Waals surface area (Å²) in [5.41, 5.74) is 8.17. The third kappa shape index (κ3) is 1.61. The molecule has 1 spiro atoms. The third-order valence-electron chi connectivity index (χ3n) is 4.77. The molecular formula is C15H21NO2. The summed E-state index contributed by atoms with van der Waals surface area (Å²) < 4.78 is 10.7. The molecule has 0 bridgehead atoms. The Hall–Kier alpha value is -1.22. The number of hydrogen-bond donors (Lipinski definition) is 1. The minimum Gasteiger partial charge on any atom is -0.493 e. The second-order valence-corrected chi connectivity index (χ2v) is 5.91. The molecule has 0 aromatic heterocycles. The van der Waals surface area contributed by atoms with Gasteiger partial charge in [-0.3, -0.25) is 0 Å². The van der Waals surface area contributed by atoms with Crippen LogP contribution in [0.1, 0.15) is 31.2 Å². The molecule has 2 saturated carbocycles. The Labute approximate surface area is 108 Å². The van der Waals surface area contributed by atoms with E-state index in [2.05, 4.69) is 12.1 Å². The molecule has 1 aromatic rings. The summed E-state index contributed by atoms with van der Waals surface area (Å²) in [6, 6.07) is 6.23. The van der Waals surface area contributed by atoms with Gasteiger partial charge in [0.05, 0.1) is 14.2 Å². The maximum atomic E-state index is 6.04. The van der Waals surface area contributed by atoms with Gasteiger partial charge in [0.1, 0.15) is 0 Å². The topological polar surface area (TPSA) is 44.5 Å². The van der Waals surface area contributed by atoms with Crippen molar-refractivity contribution in [2.24, 2.45) is 11.1 Å². The van der Waals surface area contributed by atoms with Crippen molar-refractivity contribution in [2.75, 3.05) is 20.8 Å². The van der Waals surface area contributed by atoms with E-state index in [1.165, 1.54) is 31.2 Å². The van der Waals surface area contributed by atoms with Crippen molar-refractivity contribution in [2.45, 2.75) is 31.1 Å². The molecule has 0 atom stereocenters. The Bertz CT molecular complexity index is 458. The van der Waals surface area contributed by atoms with E-state index in [1.807, 2.05) is 6.07 Å². The lowest BCUT2D eigenvalue weighted by Gasteiger charge is -2.49. The molecule has 18 heavy (non-hydrogen) atoms. The second-order valence-electron chi connectivity index (χ2n) is 5.91. The largest absolute Gasteiger partial charge is 0.493 e. The van der Waals surface area contributed by atoms with Crippen LogP contribution in [0, 0.1) is 5.41 Å². The van der Waals surface area contributed by atoms with Gasteiger partial charge in [0.2, 0.25) is 0 Å². The highest BCUT2D eigenvalue weighted by atomic mass is 16.5. The maximum absolute atomic E-state index is 6.04. The SMILES string of the molecule is COc1ccc(C2(CN)CC3(CC3)C2)cc1OC. The fourth-order valence-corrected chi connectivity index (χ4v) is 3.55.